The van der Waals surface area contributed by atoms with Crippen LogP contribution in [0.15, 0.2) is 155 Å². The maximum Gasteiger partial charge on any atom is 0.278 e. The molecule has 10 heteroatoms. The highest BCUT2D eigenvalue weighted by Gasteiger charge is 2.35. The number of hydrogen-bond acceptors (Lipinski definition) is 9. The van der Waals surface area contributed by atoms with Crippen LogP contribution in [-0.4, -0.2) is 54.4 Å². The van der Waals surface area contributed by atoms with E-state index >= 15 is 0 Å². The Morgan fingerprint density at radius 3 is 2.06 bits per heavy atom. The first-order valence-electron chi connectivity index (χ1n) is 16.5. The first-order chi connectivity index (χ1) is 24.7. The molecule has 5 aromatic carbocycles. The van der Waals surface area contributed by atoms with E-state index in [0.717, 1.165) is 48.7 Å². The summed E-state index contributed by atoms with van der Waals surface area (Å²) in [6.45, 7) is 4.02. The Morgan fingerprint density at radius 1 is 0.680 bits per heavy atom. The Balaban J connectivity index is 1.03. The van der Waals surface area contributed by atoms with E-state index in [-0.39, 0.29) is 5.91 Å². The molecule has 0 saturated carbocycles. The fourth-order valence-electron chi connectivity index (χ4n) is 6.10. The standard InChI is InChI=1S/C40H33N7O2S/c48-39-37(34-18-10-11-19-35(34)47(39)28-45-24-26-46(27-25-45)31-14-6-2-7-15-31)42-40-41-36(29-12-4-1-5-13-29)38(50-40)44-43-30-20-22-33(23-21-30)49-32-16-8-3-9-17-32/h1-23H,24-28H2/b42-37-,44-43?. The second-order valence-corrected chi connectivity index (χ2v) is 12.9. The molecule has 1 amide bonds. The maximum atomic E-state index is 14.0. The smallest absolute Gasteiger partial charge is 0.278 e. The van der Waals surface area contributed by atoms with Crippen LogP contribution >= 0.6 is 11.3 Å². The molecule has 1 fully saturated rings. The molecule has 0 atom stereocenters. The number of para-hydroxylation sites is 3. The summed E-state index contributed by atoms with van der Waals surface area (Å²) in [6.07, 6.45) is 0. The third kappa shape index (κ3) is 6.80. The molecule has 0 bridgehead atoms. The minimum atomic E-state index is -0.130. The van der Waals surface area contributed by atoms with E-state index in [1.807, 2.05) is 120 Å². The second kappa shape index (κ2) is 14.3. The van der Waals surface area contributed by atoms with Crippen molar-refractivity contribution in [3.05, 3.63) is 145 Å². The summed E-state index contributed by atoms with van der Waals surface area (Å²) in [5.74, 6) is 1.34. The van der Waals surface area contributed by atoms with Crippen molar-refractivity contribution < 1.29 is 9.53 Å². The molecule has 50 heavy (non-hydrogen) atoms. The van der Waals surface area contributed by atoms with Crippen molar-refractivity contribution in [2.24, 2.45) is 15.2 Å². The van der Waals surface area contributed by atoms with Crippen LogP contribution in [0.4, 0.5) is 27.2 Å². The molecule has 8 rings (SSSR count). The monoisotopic (exact) mass is 675 g/mol. The van der Waals surface area contributed by atoms with Gasteiger partial charge in [-0.15, -0.1) is 10.2 Å². The lowest BCUT2D eigenvalue weighted by molar-refractivity contribution is -0.112. The average molecular weight is 676 g/mol. The first kappa shape index (κ1) is 31.3. The Kier molecular flexibility index (Phi) is 8.92. The number of amides is 1. The van der Waals surface area contributed by atoms with Crippen molar-refractivity contribution >= 4 is 50.2 Å². The van der Waals surface area contributed by atoms with E-state index < -0.39 is 0 Å². The lowest BCUT2D eigenvalue weighted by atomic mass is 10.1. The number of thiazole rings is 1. The molecule has 0 spiro atoms. The van der Waals surface area contributed by atoms with Gasteiger partial charge < -0.3 is 9.64 Å². The number of fused-ring (bicyclic) bond motifs is 1. The average Bonchev–Trinajstić information content (AvgIpc) is 3.70. The van der Waals surface area contributed by atoms with Crippen LogP contribution in [0.25, 0.3) is 11.3 Å². The zero-order valence-electron chi connectivity index (χ0n) is 27.2. The summed E-state index contributed by atoms with van der Waals surface area (Å²) >= 11 is 1.31. The molecule has 6 aromatic rings. The number of benzene rings is 5. The maximum absolute atomic E-state index is 14.0. The summed E-state index contributed by atoms with van der Waals surface area (Å²) in [7, 11) is 0. The van der Waals surface area contributed by atoms with Gasteiger partial charge in [-0.2, -0.15) is 0 Å². The molecule has 0 radical (unpaired) electrons. The van der Waals surface area contributed by atoms with Crippen molar-refractivity contribution in [2.75, 3.05) is 42.6 Å². The molecule has 2 aliphatic heterocycles. The van der Waals surface area contributed by atoms with Crippen LogP contribution in [0.2, 0.25) is 0 Å². The normalized spacial score (nSPS) is 15.6. The fourth-order valence-corrected chi connectivity index (χ4v) is 6.89. The van der Waals surface area contributed by atoms with Gasteiger partial charge in [0.2, 0.25) is 5.13 Å². The number of hydrogen-bond donors (Lipinski definition) is 0. The Morgan fingerprint density at radius 2 is 1.32 bits per heavy atom. The molecule has 2 aliphatic rings. The number of carbonyl (C=O) groups is 1. The van der Waals surface area contributed by atoms with Gasteiger partial charge in [0.15, 0.2) is 5.00 Å². The van der Waals surface area contributed by atoms with E-state index in [9.17, 15) is 4.79 Å². The van der Waals surface area contributed by atoms with E-state index in [1.54, 1.807) is 0 Å². The topological polar surface area (TPSA) is 86.0 Å². The van der Waals surface area contributed by atoms with Crippen molar-refractivity contribution in [1.82, 2.24) is 9.88 Å². The van der Waals surface area contributed by atoms with Gasteiger partial charge in [0.1, 0.15) is 22.9 Å². The number of ether oxygens (including phenoxy) is 1. The molecule has 0 unspecified atom stereocenters. The fraction of sp³-hybridized carbons (Fsp3) is 0.125. The third-order valence-electron chi connectivity index (χ3n) is 8.66. The summed E-state index contributed by atoms with van der Waals surface area (Å²) in [4.78, 5) is 30.3. The Labute approximate surface area is 294 Å². The number of azo groups is 1. The molecule has 3 heterocycles. The third-order valence-corrected chi connectivity index (χ3v) is 9.49. The molecule has 0 aliphatic carbocycles. The van der Waals surface area contributed by atoms with Gasteiger partial charge in [-0.05, 0) is 54.6 Å². The van der Waals surface area contributed by atoms with Crippen molar-refractivity contribution in [2.45, 2.75) is 0 Å². The van der Waals surface area contributed by atoms with E-state index in [0.29, 0.717) is 39.6 Å². The minimum Gasteiger partial charge on any atom is -0.457 e. The molecule has 1 saturated heterocycles. The predicted molar refractivity (Wildman–Crippen MR) is 200 cm³/mol. The van der Waals surface area contributed by atoms with E-state index in [2.05, 4.69) is 44.3 Å². The molecule has 0 N–H and O–H groups in total. The Bertz CT molecular complexity index is 2150. The van der Waals surface area contributed by atoms with Crippen molar-refractivity contribution in [3.63, 3.8) is 0 Å². The number of aromatic nitrogens is 1. The number of nitrogens with zero attached hydrogens (tertiary/aromatic N) is 7. The zero-order chi connectivity index (χ0) is 33.7. The first-order valence-corrected chi connectivity index (χ1v) is 17.3. The lowest BCUT2D eigenvalue weighted by Crippen LogP contribution is -2.51. The van der Waals surface area contributed by atoms with Crippen LogP contribution in [0.3, 0.4) is 0 Å². The lowest BCUT2D eigenvalue weighted by Gasteiger charge is -2.37. The molecule has 1 aromatic heterocycles. The number of piperazine rings is 1. The van der Waals surface area contributed by atoms with Gasteiger partial charge in [0.05, 0.1) is 18.0 Å². The highest BCUT2D eigenvalue weighted by atomic mass is 32.1. The van der Waals surface area contributed by atoms with Crippen LogP contribution < -0.4 is 14.5 Å². The predicted octanol–water partition coefficient (Wildman–Crippen LogP) is 9.26. The van der Waals surface area contributed by atoms with E-state index in [1.165, 1.54) is 17.0 Å². The van der Waals surface area contributed by atoms with E-state index in [4.69, 9.17) is 14.7 Å². The van der Waals surface area contributed by atoms with Crippen molar-refractivity contribution in [1.29, 1.82) is 0 Å². The van der Waals surface area contributed by atoms with Crippen molar-refractivity contribution in [3.8, 4) is 22.8 Å². The van der Waals surface area contributed by atoms with Gasteiger partial charge >= 0.3 is 0 Å². The molecule has 9 nitrogen and oxygen atoms in total. The highest BCUT2D eigenvalue weighted by molar-refractivity contribution is 7.19. The van der Waals surface area contributed by atoms with Gasteiger partial charge in [-0.1, -0.05) is 96.3 Å². The van der Waals surface area contributed by atoms with Gasteiger partial charge in [-0.25, -0.2) is 9.98 Å². The molecular formula is C40H33N7O2S. The van der Waals surface area contributed by atoms with Crippen LogP contribution in [0.1, 0.15) is 5.56 Å². The highest BCUT2D eigenvalue weighted by Crippen LogP contribution is 2.41. The SMILES string of the molecule is O=C1/C(=N\c2nc(-c3ccccc3)c(N=Nc3ccc(Oc4ccccc4)cc3)s2)c2ccccc2N1CN1CCN(c2ccccc2)CC1. The van der Waals surface area contributed by atoms with Crippen LogP contribution in [0, 0.1) is 0 Å². The molecular weight excluding hydrogens is 643 g/mol. The van der Waals surface area contributed by atoms with Crippen LogP contribution in [0.5, 0.6) is 11.5 Å². The summed E-state index contributed by atoms with van der Waals surface area (Å²) in [6, 6.07) is 45.2. The van der Waals surface area contributed by atoms with Gasteiger partial charge in [-0.3, -0.25) is 14.6 Å². The number of carbonyl (C=O) groups excluding carboxylic acids is 1. The minimum absolute atomic E-state index is 0.130. The summed E-state index contributed by atoms with van der Waals surface area (Å²) in [5.41, 5.74) is 5.51. The second-order valence-electron chi connectivity index (χ2n) is 11.9. The Hall–Kier alpha value is -5.97. The molecule has 246 valence electrons. The number of anilines is 2. The summed E-state index contributed by atoms with van der Waals surface area (Å²) in [5, 5.41) is 10.2. The number of aliphatic imine (C=N–C) groups is 1. The largest absolute Gasteiger partial charge is 0.457 e. The quantitative estimate of drug-likeness (QED) is 0.143. The van der Waals surface area contributed by atoms with Crippen LogP contribution in [-0.2, 0) is 4.79 Å². The number of rotatable bonds is 9. The van der Waals surface area contributed by atoms with Gasteiger partial charge in [0.25, 0.3) is 5.91 Å². The van der Waals surface area contributed by atoms with Gasteiger partial charge in [0, 0.05) is 43.0 Å². The zero-order valence-corrected chi connectivity index (χ0v) is 28.0. The summed E-state index contributed by atoms with van der Waals surface area (Å²) < 4.78 is 5.91.